The lowest BCUT2D eigenvalue weighted by molar-refractivity contribution is 0.111. The van der Waals surface area contributed by atoms with Crippen LogP contribution in [0.5, 0.6) is 0 Å². The van der Waals surface area contributed by atoms with Crippen LogP contribution in [0.1, 0.15) is 32.6 Å². The Morgan fingerprint density at radius 3 is 2.95 bits per heavy atom. The van der Waals surface area contributed by atoms with Crippen molar-refractivity contribution >= 4 is 33.2 Å². The van der Waals surface area contributed by atoms with Crippen LogP contribution in [0.3, 0.4) is 0 Å². The molecule has 2 unspecified atom stereocenters. The van der Waals surface area contributed by atoms with Gasteiger partial charge in [-0.1, -0.05) is 24.9 Å². The smallest absolute Gasteiger partial charge is 0.0529 e. The molecule has 2 saturated heterocycles. The van der Waals surface area contributed by atoms with Gasteiger partial charge in [0, 0.05) is 34.7 Å². The normalized spacial score (nSPS) is 27.4. The second-order valence-electron chi connectivity index (χ2n) is 5.95. The van der Waals surface area contributed by atoms with E-state index in [1.165, 1.54) is 44.5 Å². The summed E-state index contributed by atoms with van der Waals surface area (Å²) >= 11 is 9.90. The molecule has 110 valence electrons. The number of nitrogens with zero attached hydrogens (tertiary/aromatic N) is 2. The van der Waals surface area contributed by atoms with Crippen molar-refractivity contribution in [3.63, 3.8) is 0 Å². The molecule has 2 aliphatic rings. The number of piperidine rings is 1. The van der Waals surface area contributed by atoms with Crippen molar-refractivity contribution in [2.24, 2.45) is 0 Å². The molecule has 2 atom stereocenters. The number of hydrogen-bond acceptors (Lipinski definition) is 2. The lowest BCUT2D eigenvalue weighted by atomic mass is 9.95. The molecule has 2 nitrogen and oxygen atoms in total. The molecule has 0 aromatic heterocycles. The molecule has 4 heteroatoms. The first-order chi connectivity index (χ1) is 9.69. The zero-order chi connectivity index (χ0) is 14.1. The average Bonchev–Trinajstić information content (AvgIpc) is 2.48. The third kappa shape index (κ3) is 2.86. The van der Waals surface area contributed by atoms with Gasteiger partial charge in [0.05, 0.1) is 5.69 Å². The van der Waals surface area contributed by atoms with Crippen molar-refractivity contribution in [3.8, 4) is 0 Å². The van der Waals surface area contributed by atoms with Gasteiger partial charge in [0.1, 0.15) is 0 Å². The van der Waals surface area contributed by atoms with E-state index in [-0.39, 0.29) is 0 Å². The molecular weight excluding hydrogens is 336 g/mol. The minimum Gasteiger partial charge on any atom is -0.365 e. The molecule has 1 aromatic rings. The van der Waals surface area contributed by atoms with Crippen molar-refractivity contribution in [1.82, 2.24) is 4.90 Å². The van der Waals surface area contributed by atoms with Gasteiger partial charge in [0.25, 0.3) is 0 Å². The Bertz CT molecular complexity index is 480. The summed E-state index contributed by atoms with van der Waals surface area (Å²) in [7, 11) is 0. The summed E-state index contributed by atoms with van der Waals surface area (Å²) in [6.07, 6.45) is 5.27. The predicted molar refractivity (Wildman–Crippen MR) is 89.8 cm³/mol. The number of piperazine rings is 1. The van der Waals surface area contributed by atoms with Crippen LogP contribution in [-0.2, 0) is 0 Å². The minimum atomic E-state index is 0.596. The first-order valence-corrected chi connectivity index (χ1v) is 8.82. The summed E-state index contributed by atoms with van der Waals surface area (Å²) in [5.41, 5.74) is 1.26. The first-order valence-electron chi connectivity index (χ1n) is 7.64. The van der Waals surface area contributed by atoms with Gasteiger partial charge < -0.3 is 4.90 Å². The minimum absolute atomic E-state index is 0.596. The number of fused-ring (bicyclic) bond motifs is 1. The van der Waals surface area contributed by atoms with Crippen LogP contribution in [0.2, 0.25) is 5.02 Å². The Balaban J connectivity index is 1.88. The zero-order valence-electron chi connectivity index (χ0n) is 12.0. The topological polar surface area (TPSA) is 6.48 Å². The summed E-state index contributed by atoms with van der Waals surface area (Å²) in [6, 6.07) is 7.44. The van der Waals surface area contributed by atoms with E-state index in [9.17, 15) is 0 Å². The predicted octanol–water partition coefficient (Wildman–Crippen LogP) is 4.56. The number of anilines is 1. The highest BCUT2D eigenvalue weighted by Gasteiger charge is 2.34. The Hall–Kier alpha value is -0.250. The summed E-state index contributed by atoms with van der Waals surface area (Å²) in [6.45, 7) is 5.91. The fourth-order valence-electron chi connectivity index (χ4n) is 3.60. The summed E-state index contributed by atoms with van der Waals surface area (Å²) in [5.74, 6) is 0. The largest absolute Gasteiger partial charge is 0.365 e. The van der Waals surface area contributed by atoms with Gasteiger partial charge in [0.2, 0.25) is 0 Å². The van der Waals surface area contributed by atoms with E-state index in [1.54, 1.807) is 0 Å². The molecule has 0 bridgehead atoms. The van der Waals surface area contributed by atoms with Crippen LogP contribution >= 0.6 is 27.5 Å². The van der Waals surface area contributed by atoms with Gasteiger partial charge in [-0.3, -0.25) is 4.90 Å². The zero-order valence-corrected chi connectivity index (χ0v) is 14.3. The SMILES string of the molecule is CCC1CN2CCCCC2CN1c1cc(Cl)ccc1Br. The molecule has 3 rings (SSSR count). The van der Waals surface area contributed by atoms with Crippen molar-refractivity contribution < 1.29 is 0 Å². The second kappa shape index (κ2) is 6.25. The molecule has 0 N–H and O–H groups in total. The maximum atomic E-state index is 6.21. The molecule has 20 heavy (non-hydrogen) atoms. The van der Waals surface area contributed by atoms with Gasteiger partial charge in [-0.2, -0.15) is 0 Å². The molecule has 2 aliphatic heterocycles. The van der Waals surface area contributed by atoms with Gasteiger partial charge in [0.15, 0.2) is 0 Å². The van der Waals surface area contributed by atoms with Crippen LogP contribution in [0.25, 0.3) is 0 Å². The number of benzene rings is 1. The Morgan fingerprint density at radius 1 is 1.30 bits per heavy atom. The molecule has 0 amide bonds. The van der Waals surface area contributed by atoms with E-state index in [2.05, 4.69) is 44.8 Å². The maximum absolute atomic E-state index is 6.21. The van der Waals surface area contributed by atoms with Crippen molar-refractivity contribution in [1.29, 1.82) is 0 Å². The van der Waals surface area contributed by atoms with Crippen LogP contribution in [0.15, 0.2) is 22.7 Å². The molecule has 0 radical (unpaired) electrons. The Labute approximate surface area is 135 Å². The van der Waals surface area contributed by atoms with E-state index in [0.29, 0.717) is 6.04 Å². The fourth-order valence-corrected chi connectivity index (χ4v) is 4.24. The number of hydrogen-bond donors (Lipinski definition) is 0. The van der Waals surface area contributed by atoms with Crippen LogP contribution in [0, 0.1) is 0 Å². The van der Waals surface area contributed by atoms with Crippen LogP contribution < -0.4 is 4.90 Å². The average molecular weight is 358 g/mol. The third-order valence-electron chi connectivity index (χ3n) is 4.73. The Morgan fingerprint density at radius 2 is 2.15 bits per heavy atom. The van der Waals surface area contributed by atoms with Gasteiger partial charge in [-0.05, 0) is 59.9 Å². The van der Waals surface area contributed by atoms with Gasteiger partial charge >= 0.3 is 0 Å². The third-order valence-corrected chi connectivity index (χ3v) is 5.64. The van der Waals surface area contributed by atoms with Crippen molar-refractivity contribution in [2.45, 2.75) is 44.7 Å². The first kappa shape index (κ1) is 14.7. The molecule has 2 fully saturated rings. The summed E-state index contributed by atoms with van der Waals surface area (Å²) < 4.78 is 1.16. The lowest BCUT2D eigenvalue weighted by Crippen LogP contribution is -2.59. The number of halogens is 2. The van der Waals surface area contributed by atoms with Crippen molar-refractivity contribution in [2.75, 3.05) is 24.5 Å². The lowest BCUT2D eigenvalue weighted by Gasteiger charge is -2.49. The van der Waals surface area contributed by atoms with Gasteiger partial charge in [-0.15, -0.1) is 0 Å². The van der Waals surface area contributed by atoms with E-state index in [1.807, 2.05) is 6.07 Å². The van der Waals surface area contributed by atoms with Crippen LogP contribution in [0.4, 0.5) is 5.69 Å². The highest BCUT2D eigenvalue weighted by atomic mass is 79.9. The van der Waals surface area contributed by atoms with Gasteiger partial charge in [-0.25, -0.2) is 0 Å². The molecular formula is C16H22BrClN2. The summed E-state index contributed by atoms with van der Waals surface area (Å²) in [4.78, 5) is 5.27. The maximum Gasteiger partial charge on any atom is 0.0529 e. The van der Waals surface area contributed by atoms with E-state index in [4.69, 9.17) is 11.6 Å². The highest BCUT2D eigenvalue weighted by molar-refractivity contribution is 9.10. The quantitative estimate of drug-likeness (QED) is 0.766. The molecule has 0 saturated carbocycles. The summed E-state index contributed by atoms with van der Waals surface area (Å²) in [5, 5.41) is 0.823. The molecule has 0 aliphatic carbocycles. The number of rotatable bonds is 2. The monoisotopic (exact) mass is 356 g/mol. The molecule has 1 aromatic carbocycles. The Kier molecular flexibility index (Phi) is 4.58. The van der Waals surface area contributed by atoms with Crippen molar-refractivity contribution in [3.05, 3.63) is 27.7 Å². The molecule has 0 spiro atoms. The van der Waals surface area contributed by atoms with Crippen LogP contribution in [-0.4, -0.2) is 36.6 Å². The van der Waals surface area contributed by atoms with E-state index >= 15 is 0 Å². The fraction of sp³-hybridized carbons (Fsp3) is 0.625. The highest BCUT2D eigenvalue weighted by Crippen LogP contribution is 2.35. The van der Waals surface area contributed by atoms with E-state index in [0.717, 1.165) is 22.1 Å². The second-order valence-corrected chi connectivity index (χ2v) is 7.25. The van der Waals surface area contributed by atoms with E-state index < -0.39 is 0 Å². The molecule has 2 heterocycles. The standard InChI is InChI=1S/C16H22BrClN2/c1-2-13-10-19-8-4-3-5-14(19)11-20(13)16-9-12(18)6-7-15(16)17/h6-7,9,13-14H,2-5,8,10-11H2,1H3.